The largest absolute Gasteiger partial charge is 0.298 e. The summed E-state index contributed by atoms with van der Waals surface area (Å²) in [4.78, 5) is 2.57. The van der Waals surface area contributed by atoms with Crippen LogP contribution in [0.1, 0.15) is 47.0 Å². The molecule has 1 heteroatoms. The van der Waals surface area contributed by atoms with Gasteiger partial charge < -0.3 is 0 Å². The smallest absolute Gasteiger partial charge is 0.0153 e. The zero-order chi connectivity index (χ0) is 9.35. The van der Waals surface area contributed by atoms with Gasteiger partial charge in [-0.2, -0.15) is 0 Å². The summed E-state index contributed by atoms with van der Waals surface area (Å²) in [5.41, 5.74) is 0.424. The highest BCUT2D eigenvalue weighted by atomic mass is 15.2. The zero-order valence-electron chi connectivity index (χ0n) is 9.22. The first-order valence-electron chi connectivity index (χ1n) is 5.18. The van der Waals surface area contributed by atoms with Crippen molar-refractivity contribution in [2.75, 3.05) is 7.05 Å². The number of nitrogens with zero attached hydrogens (tertiary/aromatic N) is 1. The van der Waals surface area contributed by atoms with Crippen molar-refractivity contribution in [1.29, 1.82) is 0 Å². The molecule has 1 fully saturated rings. The van der Waals surface area contributed by atoms with E-state index in [1.54, 1.807) is 0 Å². The van der Waals surface area contributed by atoms with E-state index in [2.05, 4.69) is 39.6 Å². The zero-order valence-corrected chi connectivity index (χ0v) is 9.22. The van der Waals surface area contributed by atoms with E-state index in [4.69, 9.17) is 0 Å². The van der Waals surface area contributed by atoms with E-state index in [0.717, 1.165) is 12.0 Å². The van der Waals surface area contributed by atoms with Crippen LogP contribution in [0.5, 0.6) is 0 Å². The van der Waals surface area contributed by atoms with E-state index in [0.29, 0.717) is 5.54 Å². The second kappa shape index (κ2) is 3.37. The van der Waals surface area contributed by atoms with Gasteiger partial charge in [-0.15, -0.1) is 0 Å². The minimum absolute atomic E-state index is 0.424. The van der Waals surface area contributed by atoms with Gasteiger partial charge in [0.25, 0.3) is 0 Å². The standard InChI is InChI=1S/C11H23N/c1-9(2)10-7-6-8-11(3,4)12(10)5/h9-10H,6-8H2,1-5H3. The highest BCUT2D eigenvalue weighted by Crippen LogP contribution is 2.32. The van der Waals surface area contributed by atoms with Crippen molar-refractivity contribution in [2.45, 2.75) is 58.5 Å². The Labute approximate surface area is 77.1 Å². The number of rotatable bonds is 1. The van der Waals surface area contributed by atoms with E-state index >= 15 is 0 Å². The molecule has 1 saturated heterocycles. The van der Waals surface area contributed by atoms with E-state index in [9.17, 15) is 0 Å². The Morgan fingerprint density at radius 1 is 1.33 bits per heavy atom. The van der Waals surface area contributed by atoms with Crippen molar-refractivity contribution in [2.24, 2.45) is 5.92 Å². The van der Waals surface area contributed by atoms with E-state index in [1.807, 2.05) is 0 Å². The lowest BCUT2D eigenvalue weighted by Gasteiger charge is -2.47. The number of piperidine rings is 1. The maximum absolute atomic E-state index is 2.57. The molecule has 0 amide bonds. The number of hydrogen-bond donors (Lipinski definition) is 0. The Morgan fingerprint density at radius 3 is 2.33 bits per heavy atom. The Morgan fingerprint density at radius 2 is 1.92 bits per heavy atom. The van der Waals surface area contributed by atoms with Gasteiger partial charge in [0, 0.05) is 11.6 Å². The first-order valence-corrected chi connectivity index (χ1v) is 5.18. The van der Waals surface area contributed by atoms with Crippen LogP contribution in [-0.4, -0.2) is 23.5 Å². The molecule has 0 aliphatic carbocycles. The minimum Gasteiger partial charge on any atom is -0.298 e. The van der Waals surface area contributed by atoms with Crippen LogP contribution in [0.2, 0.25) is 0 Å². The van der Waals surface area contributed by atoms with Crippen molar-refractivity contribution < 1.29 is 0 Å². The minimum atomic E-state index is 0.424. The molecule has 12 heavy (non-hydrogen) atoms. The quantitative estimate of drug-likeness (QED) is 0.583. The molecule has 0 aromatic heterocycles. The predicted molar refractivity (Wildman–Crippen MR) is 54.3 cm³/mol. The van der Waals surface area contributed by atoms with Gasteiger partial charge in [0.1, 0.15) is 0 Å². The maximum Gasteiger partial charge on any atom is 0.0153 e. The molecule has 1 aliphatic rings. The molecule has 0 spiro atoms. The highest BCUT2D eigenvalue weighted by Gasteiger charge is 2.34. The van der Waals surface area contributed by atoms with Crippen LogP contribution < -0.4 is 0 Å². The number of likely N-dealkylation sites (tertiary alicyclic amines) is 1. The van der Waals surface area contributed by atoms with Gasteiger partial charge in [0.15, 0.2) is 0 Å². The summed E-state index contributed by atoms with van der Waals surface area (Å²) in [6, 6.07) is 0.800. The molecule has 1 atom stereocenters. The molecule has 0 radical (unpaired) electrons. The molecule has 0 bridgehead atoms. The third kappa shape index (κ3) is 1.82. The van der Waals surface area contributed by atoms with Crippen molar-refractivity contribution in [3.63, 3.8) is 0 Å². The molecule has 0 N–H and O–H groups in total. The van der Waals surface area contributed by atoms with Crippen LogP contribution in [0.3, 0.4) is 0 Å². The first kappa shape index (κ1) is 10.0. The van der Waals surface area contributed by atoms with Crippen molar-refractivity contribution in [1.82, 2.24) is 4.90 Å². The van der Waals surface area contributed by atoms with E-state index in [-0.39, 0.29) is 0 Å². The van der Waals surface area contributed by atoms with Gasteiger partial charge >= 0.3 is 0 Å². The fourth-order valence-electron chi connectivity index (χ4n) is 2.34. The van der Waals surface area contributed by atoms with Crippen LogP contribution in [0.4, 0.5) is 0 Å². The molecule has 1 nitrogen and oxygen atoms in total. The summed E-state index contributed by atoms with van der Waals surface area (Å²) in [5, 5.41) is 0. The van der Waals surface area contributed by atoms with Gasteiger partial charge in [0.2, 0.25) is 0 Å². The van der Waals surface area contributed by atoms with E-state index in [1.165, 1.54) is 19.3 Å². The van der Waals surface area contributed by atoms with Crippen molar-refractivity contribution >= 4 is 0 Å². The lowest BCUT2D eigenvalue weighted by atomic mass is 9.83. The lowest BCUT2D eigenvalue weighted by molar-refractivity contribution is 0.0280. The first-order chi connectivity index (χ1) is 5.45. The summed E-state index contributed by atoms with van der Waals surface area (Å²) in [6.45, 7) is 9.40. The second-order valence-corrected chi connectivity index (χ2v) is 5.13. The molecule has 1 heterocycles. The average Bonchev–Trinajstić information content (AvgIpc) is 1.94. The van der Waals surface area contributed by atoms with Gasteiger partial charge in [-0.3, -0.25) is 4.90 Å². The molecule has 0 saturated carbocycles. The molecule has 72 valence electrons. The molecule has 0 aromatic carbocycles. The molecule has 1 rings (SSSR count). The fraction of sp³-hybridized carbons (Fsp3) is 1.00. The maximum atomic E-state index is 2.57. The SMILES string of the molecule is CC(C)C1CCCC(C)(C)N1C. The third-order valence-corrected chi connectivity index (χ3v) is 3.51. The molecule has 0 aromatic rings. The van der Waals surface area contributed by atoms with Crippen LogP contribution >= 0.6 is 0 Å². The predicted octanol–water partition coefficient (Wildman–Crippen LogP) is 2.91. The van der Waals surface area contributed by atoms with Crippen LogP contribution in [-0.2, 0) is 0 Å². The second-order valence-electron chi connectivity index (χ2n) is 5.13. The normalized spacial score (nSPS) is 31.0. The van der Waals surface area contributed by atoms with Crippen LogP contribution in [0.15, 0.2) is 0 Å². The molecular weight excluding hydrogens is 146 g/mol. The summed E-state index contributed by atoms with van der Waals surface area (Å²) < 4.78 is 0. The van der Waals surface area contributed by atoms with Gasteiger partial charge in [0.05, 0.1) is 0 Å². The summed E-state index contributed by atoms with van der Waals surface area (Å²) in [7, 11) is 2.28. The Kier molecular flexibility index (Phi) is 2.82. The topological polar surface area (TPSA) is 3.24 Å². The summed E-state index contributed by atoms with van der Waals surface area (Å²) in [5.74, 6) is 0.801. The lowest BCUT2D eigenvalue weighted by Crippen LogP contribution is -2.52. The monoisotopic (exact) mass is 169 g/mol. The molecular formula is C11H23N. The van der Waals surface area contributed by atoms with Gasteiger partial charge in [-0.05, 0) is 39.7 Å². The van der Waals surface area contributed by atoms with Crippen molar-refractivity contribution in [3.05, 3.63) is 0 Å². The fourth-order valence-corrected chi connectivity index (χ4v) is 2.34. The van der Waals surface area contributed by atoms with Crippen LogP contribution in [0.25, 0.3) is 0 Å². The Bertz CT molecular complexity index is 149. The van der Waals surface area contributed by atoms with E-state index < -0.39 is 0 Å². The molecule has 1 aliphatic heterocycles. The highest BCUT2D eigenvalue weighted by molar-refractivity contribution is 4.90. The Balaban J connectivity index is 2.66. The van der Waals surface area contributed by atoms with Crippen molar-refractivity contribution in [3.8, 4) is 0 Å². The van der Waals surface area contributed by atoms with Gasteiger partial charge in [-0.25, -0.2) is 0 Å². The van der Waals surface area contributed by atoms with Gasteiger partial charge in [-0.1, -0.05) is 20.3 Å². The average molecular weight is 169 g/mol. The Hall–Kier alpha value is -0.0400. The van der Waals surface area contributed by atoms with Crippen LogP contribution in [0, 0.1) is 5.92 Å². The molecule has 1 unspecified atom stereocenters. The number of hydrogen-bond acceptors (Lipinski definition) is 1. The third-order valence-electron chi connectivity index (χ3n) is 3.51. The summed E-state index contributed by atoms with van der Waals surface area (Å²) in [6.07, 6.45) is 4.14. The summed E-state index contributed by atoms with van der Waals surface area (Å²) >= 11 is 0.